The molecule has 1 heterocycles. The standard InChI is InChI=1S/C40H79N4O14.C11H20N.C8H17N.3C5H10.C3H3Br.C2H7N.C2H6.CH3N3.6CH3.2BrH.3Fe/c1-44(2,19-33-12-10-11-13-33)20-34-18-43(42-41-34)14-15-52-16-17-53-22-36(47-5)24-55-26-38(49-7)28-57-30-40(51-9)32-58-31-39(50-8)29-56-27-37(48-6)25-54-23-35(46-4)21-45-3;1-4-9-12(2,3)10-11-7-5-6-8-11;1-9(2)7-8-5-3-4-6-8;3*1-2-4-5-3-1;1-2-3-4;1-3-2;1-2;1-3-4-2;;;;;;;;;;;/h18,33,35-40H,10-17,19-32H2,1-9H3;1,11H,5-10H2,2-3H3;8H,3-7H2,1-2H3;3*1-5H2;1H,3H2;3H,1-2H3;1-2H3;1H3;6*1H3;2*1H;;;/q2*+1;;;;;;;;;6*-1;;;3*+2/p+1. The van der Waals surface area contributed by atoms with Gasteiger partial charge in [-0.15, -0.1) is 51.9 Å². The third kappa shape index (κ3) is 98.0. The number of terminal acetylenes is 2. The normalized spacial score (nSPS) is 15.6. The van der Waals surface area contributed by atoms with Crippen molar-refractivity contribution < 1.29 is 132 Å². The first-order valence-electron chi connectivity index (χ1n) is 40.8. The topological polar surface area (TPSA) is 229 Å². The van der Waals surface area contributed by atoms with Crippen molar-refractivity contribution in [1.29, 1.82) is 0 Å². The summed E-state index contributed by atoms with van der Waals surface area (Å²) in [7, 11) is 30.1. The first-order valence-corrected chi connectivity index (χ1v) is 42.0. The van der Waals surface area contributed by atoms with Crippen LogP contribution >= 0.6 is 49.9 Å². The Balaban J connectivity index is -0.000000121. The van der Waals surface area contributed by atoms with Gasteiger partial charge in [-0.2, -0.15) is 0 Å². The van der Waals surface area contributed by atoms with Crippen LogP contribution in [0.15, 0.2) is 11.3 Å². The van der Waals surface area contributed by atoms with Crippen LogP contribution in [-0.4, -0.2) is 309 Å². The van der Waals surface area contributed by atoms with Crippen LogP contribution in [0.3, 0.4) is 0 Å². The molecule has 6 unspecified atom stereocenters. The van der Waals surface area contributed by atoms with Crippen molar-refractivity contribution >= 4 is 49.9 Å². The van der Waals surface area contributed by atoms with Gasteiger partial charge >= 0.3 is 51.2 Å². The fourth-order valence-corrected chi connectivity index (χ4v) is 13.0. The van der Waals surface area contributed by atoms with Gasteiger partial charge in [0.2, 0.25) is 0 Å². The van der Waals surface area contributed by atoms with Crippen molar-refractivity contribution in [3.63, 3.8) is 0 Å². The minimum atomic E-state index is -0.275. The molecule has 6 aliphatic carbocycles. The zero-order chi connectivity index (χ0) is 80.1. The number of nitrogens with two attached hydrogens (primary N) is 1. The van der Waals surface area contributed by atoms with Gasteiger partial charge in [-0.25, -0.2) is 4.68 Å². The predicted octanol–water partition coefficient (Wildman–Crippen LogP) is 17.0. The fourth-order valence-electron chi connectivity index (χ4n) is 13.0. The second kappa shape index (κ2) is 111. The van der Waals surface area contributed by atoms with Gasteiger partial charge in [0.05, 0.1) is 173 Å². The van der Waals surface area contributed by atoms with E-state index in [9.17, 15) is 0 Å². The van der Waals surface area contributed by atoms with E-state index >= 15 is 0 Å². The van der Waals surface area contributed by atoms with Crippen molar-refractivity contribution in [3.05, 3.63) is 66.9 Å². The van der Waals surface area contributed by atoms with Crippen LogP contribution in [0.5, 0.6) is 0 Å². The number of ether oxygens (including phenoxy) is 14. The van der Waals surface area contributed by atoms with E-state index in [4.69, 9.17) is 84.7 Å². The Labute approximate surface area is 790 Å². The van der Waals surface area contributed by atoms with E-state index in [1.54, 1.807) is 49.8 Å². The number of azide groups is 1. The third-order valence-electron chi connectivity index (χ3n) is 18.7. The molecule has 0 amide bonds. The summed E-state index contributed by atoms with van der Waals surface area (Å²) in [6.07, 6.45) is 50.2. The maximum Gasteiger partial charge on any atom is 2.00 e. The van der Waals surface area contributed by atoms with Gasteiger partial charge in [0, 0.05) is 80.1 Å². The molecule has 714 valence electrons. The largest absolute Gasteiger partial charge is 2.00 e. The van der Waals surface area contributed by atoms with Crippen molar-refractivity contribution in [1.82, 2.24) is 19.9 Å². The molecule has 118 heavy (non-hydrogen) atoms. The Morgan fingerprint density at radius 3 is 1.00 bits per heavy atom. The molecule has 1 aromatic rings. The molecule has 7 rings (SSSR count). The van der Waals surface area contributed by atoms with Gasteiger partial charge in [-0.1, -0.05) is 181 Å². The van der Waals surface area contributed by atoms with Crippen molar-refractivity contribution in [2.45, 2.75) is 237 Å². The number of aromatic nitrogens is 3. The number of quaternary nitrogens is 3. The van der Waals surface area contributed by atoms with E-state index < -0.39 is 0 Å². The summed E-state index contributed by atoms with van der Waals surface area (Å²) in [5.41, 5.74) is 8.35. The molecule has 2 N–H and O–H groups in total. The quantitative estimate of drug-likeness (QED) is 0.00736. The zero-order valence-electron chi connectivity index (χ0n) is 79.6. The molecule has 0 aliphatic heterocycles. The monoisotopic (exact) mass is 2010 g/mol. The minimum Gasteiger partial charge on any atom is -0.382 e. The summed E-state index contributed by atoms with van der Waals surface area (Å²) >= 11 is 3.01. The van der Waals surface area contributed by atoms with Crippen LogP contribution in [0.1, 0.15) is 193 Å². The summed E-state index contributed by atoms with van der Waals surface area (Å²) in [5, 5.41) is 14.3. The van der Waals surface area contributed by atoms with Crippen molar-refractivity contribution in [2.75, 3.05) is 244 Å². The molecule has 0 radical (unpaired) electrons. The molecule has 6 aliphatic rings. The Morgan fingerprint density at radius 1 is 0.483 bits per heavy atom. The Hall–Kier alpha value is -0.152. The zero-order valence-corrected chi connectivity index (χ0v) is 88.0. The Bertz CT molecular complexity index is 2100. The molecule has 0 aromatic carbocycles. The maximum absolute atomic E-state index is 7.33. The smallest absolute Gasteiger partial charge is 0.382 e. The van der Waals surface area contributed by atoms with Crippen molar-refractivity contribution in [3.8, 4) is 24.7 Å². The summed E-state index contributed by atoms with van der Waals surface area (Å²) in [4.78, 5) is 4.66. The maximum atomic E-state index is 7.33. The van der Waals surface area contributed by atoms with Gasteiger partial charge in [0.1, 0.15) is 55.4 Å². The van der Waals surface area contributed by atoms with E-state index in [2.05, 4.69) is 95.3 Å². The van der Waals surface area contributed by atoms with Crippen LogP contribution in [0.2, 0.25) is 0 Å². The van der Waals surface area contributed by atoms with Gasteiger partial charge in [-0.3, -0.25) is 0 Å². The average Bonchev–Trinajstić information content (AvgIpc) is 1.70. The number of hydrogen-bond acceptors (Lipinski definition) is 18. The summed E-state index contributed by atoms with van der Waals surface area (Å²) in [5.74, 6) is 7.89. The second-order valence-electron chi connectivity index (χ2n) is 29.9. The number of rotatable bonds is 45. The molecule has 1 aromatic heterocycles. The SMILES string of the molecule is Br.Br.C#CCBr.C#CC[N+](C)(C)CC1CCCC1.C1CCCC1.C1CCCC1.C1CCCC1.CC.CN(C)CC1CCCC1.CN=[N+]=[N-].COCC(COCC(COCC(COCC(COCC(COCC(COCCOCCn1cc(C[N+](C)(C)CC2CCCC2)nn1)OC)OC)OC)OC)OC)OC.C[NH2+]C.[CH3-].[CH3-].[CH3-].[CH3-].[CH3-].[CH3-].[Fe+2].[Fe+2].[Fe+2]. The number of hydrogen-bond donors (Lipinski definition) is 1. The molecule has 0 saturated heterocycles. The van der Waals surface area contributed by atoms with Crippen LogP contribution in [0.25, 0.3) is 10.4 Å². The van der Waals surface area contributed by atoms with E-state index in [1.165, 1.54) is 200 Å². The summed E-state index contributed by atoms with van der Waals surface area (Å²) in [6.45, 7) is 15.9. The van der Waals surface area contributed by atoms with Gasteiger partial charge in [-0.05, 0) is 70.0 Å². The van der Waals surface area contributed by atoms with Crippen LogP contribution in [0.4, 0.5) is 0 Å². The molecule has 30 heteroatoms. The van der Waals surface area contributed by atoms with E-state index in [-0.39, 0.29) is 166 Å². The second-order valence-corrected chi connectivity index (χ2v) is 30.5. The molecular formula is C88H186Br3Fe3N10O14+3. The molecule has 6 fully saturated rings. The van der Waals surface area contributed by atoms with Gasteiger partial charge in [0.15, 0.2) is 0 Å². The number of methoxy groups -OCH3 is 7. The van der Waals surface area contributed by atoms with Crippen molar-refractivity contribution in [2.24, 2.45) is 22.9 Å². The molecule has 24 nitrogen and oxygen atoms in total. The average molecular weight is 2020 g/mol. The van der Waals surface area contributed by atoms with E-state index in [1.807, 2.05) is 44.1 Å². The first kappa shape index (κ1) is 149. The van der Waals surface area contributed by atoms with Gasteiger partial charge < -0.3 is 130 Å². The van der Waals surface area contributed by atoms with Crippen LogP contribution in [0, 0.1) is 87.0 Å². The van der Waals surface area contributed by atoms with E-state index in [0.717, 1.165) is 45.5 Å². The number of nitrogens with zero attached hydrogens (tertiary/aromatic N) is 9. The fraction of sp³-hybridized carbons (Fsp3) is 0.864. The Morgan fingerprint density at radius 2 is 0.746 bits per heavy atom. The van der Waals surface area contributed by atoms with Crippen LogP contribution in [-0.2, 0) is 131 Å². The minimum absolute atomic E-state index is 0. The van der Waals surface area contributed by atoms with Crippen LogP contribution < -0.4 is 5.32 Å². The van der Waals surface area contributed by atoms with Gasteiger partial charge in [0.25, 0.3) is 0 Å². The predicted molar refractivity (Wildman–Crippen MR) is 499 cm³/mol. The summed E-state index contributed by atoms with van der Waals surface area (Å²) in [6, 6.07) is 0. The molecule has 0 bridgehead atoms. The molecule has 6 atom stereocenters. The van der Waals surface area contributed by atoms with E-state index in [0.29, 0.717) is 111 Å². The molecule has 6 saturated carbocycles. The number of halogens is 3. The molecule has 0 spiro atoms. The molecular weight excluding hydrogens is 1830 g/mol. The first-order chi connectivity index (χ1) is 51.8. The third-order valence-corrected chi connectivity index (χ3v) is 19.0. The number of alkyl halides is 1. The summed E-state index contributed by atoms with van der Waals surface area (Å²) < 4.78 is 82.5. The Kier molecular flexibility index (Phi) is 140.